The molecule has 0 bridgehead atoms. The van der Waals surface area contributed by atoms with Gasteiger partial charge >= 0.3 is 0 Å². The lowest BCUT2D eigenvalue weighted by atomic mass is 10.1. The number of nitrogens with zero attached hydrogens (tertiary/aromatic N) is 5. The number of aliphatic imine (C=N–C) groups is 1. The number of fused-ring (bicyclic) bond motifs is 1. The minimum atomic E-state index is 0.274. The molecular weight excluding hydrogens is 390 g/mol. The smallest absolute Gasteiger partial charge is 0.191 e. The summed E-state index contributed by atoms with van der Waals surface area (Å²) in [5.41, 5.74) is 2.57. The number of guanidine groups is 1. The minimum absolute atomic E-state index is 0.274. The van der Waals surface area contributed by atoms with Crippen molar-refractivity contribution in [3.8, 4) is 0 Å². The van der Waals surface area contributed by atoms with E-state index in [1.807, 2.05) is 4.68 Å². The minimum Gasteiger partial charge on any atom is -0.377 e. The van der Waals surface area contributed by atoms with E-state index in [-0.39, 0.29) is 6.04 Å². The normalized spacial score (nSPS) is 16.4. The number of aromatic nitrogens is 3. The highest BCUT2D eigenvalue weighted by molar-refractivity contribution is 5.80. The second-order valence-electron chi connectivity index (χ2n) is 7.92. The number of aryl methyl sites for hydroxylation is 1. The molecule has 0 saturated heterocycles. The van der Waals surface area contributed by atoms with Crippen LogP contribution in [-0.2, 0) is 37.4 Å². The van der Waals surface area contributed by atoms with E-state index in [0.29, 0.717) is 13.2 Å². The van der Waals surface area contributed by atoms with Gasteiger partial charge in [-0.05, 0) is 37.6 Å². The van der Waals surface area contributed by atoms with E-state index in [1.54, 1.807) is 7.11 Å². The SMILES string of the molecule is CCNC(=NCc1cccc(CN(CC)CC)c1)NC1CCc2nc(COC)nn2C1. The van der Waals surface area contributed by atoms with E-state index < -0.39 is 0 Å². The maximum absolute atomic E-state index is 5.16. The van der Waals surface area contributed by atoms with E-state index in [2.05, 4.69) is 70.7 Å². The maximum atomic E-state index is 5.16. The highest BCUT2D eigenvalue weighted by Gasteiger charge is 2.22. The molecule has 0 amide bonds. The summed E-state index contributed by atoms with van der Waals surface area (Å²) in [7, 11) is 1.67. The third kappa shape index (κ3) is 6.77. The largest absolute Gasteiger partial charge is 0.377 e. The molecule has 2 N–H and O–H groups in total. The van der Waals surface area contributed by atoms with Gasteiger partial charge in [-0.25, -0.2) is 14.7 Å². The summed E-state index contributed by atoms with van der Waals surface area (Å²) in [4.78, 5) is 11.8. The molecule has 0 saturated carbocycles. The lowest BCUT2D eigenvalue weighted by Crippen LogP contribution is -2.47. The van der Waals surface area contributed by atoms with Crippen LogP contribution in [0.15, 0.2) is 29.3 Å². The summed E-state index contributed by atoms with van der Waals surface area (Å²) in [6.07, 6.45) is 1.91. The van der Waals surface area contributed by atoms with Crippen LogP contribution in [0.1, 0.15) is 50.0 Å². The van der Waals surface area contributed by atoms with E-state index in [9.17, 15) is 0 Å². The molecule has 2 heterocycles. The molecule has 1 atom stereocenters. The summed E-state index contributed by atoms with van der Waals surface area (Å²) in [5, 5.41) is 11.5. The molecule has 31 heavy (non-hydrogen) atoms. The van der Waals surface area contributed by atoms with Crippen molar-refractivity contribution in [2.75, 3.05) is 26.7 Å². The van der Waals surface area contributed by atoms with Crippen molar-refractivity contribution < 1.29 is 4.74 Å². The Morgan fingerprint density at radius 2 is 2.06 bits per heavy atom. The summed E-state index contributed by atoms with van der Waals surface area (Å²) in [5.74, 6) is 2.64. The Morgan fingerprint density at radius 3 is 2.81 bits per heavy atom. The van der Waals surface area contributed by atoms with Gasteiger partial charge in [-0.15, -0.1) is 0 Å². The highest BCUT2D eigenvalue weighted by atomic mass is 16.5. The molecular formula is C23H37N7O. The van der Waals surface area contributed by atoms with Gasteiger partial charge in [0.1, 0.15) is 12.4 Å². The standard InChI is InChI=1S/C23H37N7O/c1-5-24-23(25-14-18-9-8-10-19(13-18)15-29(6-2)7-3)26-20-11-12-22-27-21(17-31-4)28-30(22)16-20/h8-10,13,20H,5-7,11-12,14-17H2,1-4H3,(H2,24,25,26). The Morgan fingerprint density at radius 1 is 1.26 bits per heavy atom. The number of hydrogen-bond donors (Lipinski definition) is 2. The Bertz CT molecular complexity index is 844. The Labute approximate surface area is 186 Å². The molecule has 1 aromatic carbocycles. The van der Waals surface area contributed by atoms with E-state index >= 15 is 0 Å². The lowest BCUT2D eigenvalue weighted by Gasteiger charge is -2.25. The lowest BCUT2D eigenvalue weighted by molar-refractivity contribution is 0.177. The molecule has 1 aromatic heterocycles. The van der Waals surface area contributed by atoms with Crippen molar-refractivity contribution in [3.63, 3.8) is 0 Å². The number of methoxy groups -OCH3 is 1. The van der Waals surface area contributed by atoms with Crippen LogP contribution in [0, 0.1) is 0 Å². The molecule has 3 rings (SSSR count). The Hall–Kier alpha value is -2.45. The first-order valence-electron chi connectivity index (χ1n) is 11.4. The van der Waals surface area contributed by atoms with Gasteiger partial charge in [-0.2, -0.15) is 5.10 Å². The first kappa shape index (κ1) is 23.2. The Kier molecular flexibility index (Phi) is 8.85. The monoisotopic (exact) mass is 427 g/mol. The fourth-order valence-corrected chi connectivity index (χ4v) is 3.88. The van der Waals surface area contributed by atoms with Crippen LogP contribution in [0.3, 0.4) is 0 Å². The summed E-state index contributed by atoms with van der Waals surface area (Å²) in [6.45, 7) is 12.3. The fourth-order valence-electron chi connectivity index (χ4n) is 3.88. The van der Waals surface area contributed by atoms with Crippen LogP contribution < -0.4 is 10.6 Å². The predicted octanol–water partition coefficient (Wildman–Crippen LogP) is 2.34. The highest BCUT2D eigenvalue weighted by Crippen LogP contribution is 2.14. The van der Waals surface area contributed by atoms with Crippen LogP contribution >= 0.6 is 0 Å². The number of benzene rings is 1. The van der Waals surface area contributed by atoms with Crippen LogP contribution in [-0.4, -0.2) is 58.4 Å². The average molecular weight is 428 g/mol. The van der Waals surface area contributed by atoms with Crippen LogP contribution in [0.25, 0.3) is 0 Å². The average Bonchev–Trinajstić information content (AvgIpc) is 3.18. The second kappa shape index (κ2) is 11.8. The van der Waals surface area contributed by atoms with Crippen molar-refractivity contribution in [1.82, 2.24) is 30.3 Å². The molecule has 0 fully saturated rings. The first-order valence-corrected chi connectivity index (χ1v) is 11.4. The number of nitrogens with one attached hydrogen (secondary N) is 2. The van der Waals surface area contributed by atoms with E-state index in [4.69, 9.17) is 9.73 Å². The summed E-state index contributed by atoms with van der Waals surface area (Å²) in [6, 6.07) is 9.03. The van der Waals surface area contributed by atoms with Crippen LogP contribution in [0.4, 0.5) is 0 Å². The molecule has 8 heteroatoms. The Balaban J connectivity index is 1.61. The molecule has 2 aromatic rings. The predicted molar refractivity (Wildman–Crippen MR) is 124 cm³/mol. The zero-order valence-electron chi connectivity index (χ0n) is 19.4. The number of rotatable bonds is 10. The molecule has 0 radical (unpaired) electrons. The van der Waals surface area contributed by atoms with Gasteiger partial charge in [0.25, 0.3) is 0 Å². The van der Waals surface area contributed by atoms with Gasteiger partial charge < -0.3 is 15.4 Å². The molecule has 1 aliphatic heterocycles. The number of ether oxygens (including phenoxy) is 1. The van der Waals surface area contributed by atoms with E-state index in [0.717, 1.165) is 63.2 Å². The van der Waals surface area contributed by atoms with Crippen molar-refractivity contribution >= 4 is 5.96 Å². The van der Waals surface area contributed by atoms with Crippen LogP contribution in [0.5, 0.6) is 0 Å². The molecule has 1 unspecified atom stereocenters. The van der Waals surface area contributed by atoms with Gasteiger partial charge in [0.2, 0.25) is 0 Å². The fraction of sp³-hybridized carbons (Fsp3) is 0.609. The first-order chi connectivity index (χ1) is 15.1. The molecule has 170 valence electrons. The van der Waals surface area contributed by atoms with Crippen LogP contribution in [0.2, 0.25) is 0 Å². The summed E-state index contributed by atoms with van der Waals surface area (Å²) < 4.78 is 7.16. The van der Waals surface area contributed by atoms with Gasteiger partial charge in [-0.3, -0.25) is 4.90 Å². The molecule has 1 aliphatic rings. The zero-order valence-corrected chi connectivity index (χ0v) is 19.4. The zero-order chi connectivity index (χ0) is 22.1. The third-order valence-electron chi connectivity index (χ3n) is 5.57. The number of hydrogen-bond acceptors (Lipinski definition) is 5. The summed E-state index contributed by atoms with van der Waals surface area (Å²) >= 11 is 0. The van der Waals surface area contributed by atoms with Gasteiger partial charge in [0, 0.05) is 32.7 Å². The molecule has 0 spiro atoms. The van der Waals surface area contributed by atoms with Crippen molar-refractivity contribution in [3.05, 3.63) is 47.0 Å². The topological polar surface area (TPSA) is 79.6 Å². The molecule has 8 nitrogen and oxygen atoms in total. The van der Waals surface area contributed by atoms with E-state index in [1.165, 1.54) is 11.1 Å². The quantitative estimate of drug-likeness (QED) is 0.448. The van der Waals surface area contributed by atoms with Crippen molar-refractivity contribution in [2.24, 2.45) is 4.99 Å². The van der Waals surface area contributed by atoms with Gasteiger partial charge in [0.15, 0.2) is 11.8 Å². The molecule has 0 aliphatic carbocycles. The third-order valence-corrected chi connectivity index (χ3v) is 5.57. The maximum Gasteiger partial charge on any atom is 0.191 e. The van der Waals surface area contributed by atoms with Gasteiger partial charge in [-0.1, -0.05) is 38.1 Å². The van der Waals surface area contributed by atoms with Crippen molar-refractivity contribution in [2.45, 2.75) is 65.9 Å². The van der Waals surface area contributed by atoms with Gasteiger partial charge in [0.05, 0.1) is 13.1 Å². The van der Waals surface area contributed by atoms with Crippen molar-refractivity contribution in [1.29, 1.82) is 0 Å². The second-order valence-corrected chi connectivity index (χ2v) is 7.92.